The van der Waals surface area contributed by atoms with E-state index in [4.69, 9.17) is 10.5 Å². The molecule has 6 nitrogen and oxygen atoms in total. The Balaban J connectivity index is 1.89. The fourth-order valence-corrected chi connectivity index (χ4v) is 3.11. The van der Waals surface area contributed by atoms with E-state index >= 15 is 0 Å². The number of fused-ring (bicyclic) bond motifs is 1. The number of piperidine rings is 1. The van der Waals surface area contributed by atoms with Gasteiger partial charge in [0, 0.05) is 25.2 Å². The molecule has 1 aromatic heterocycles. The van der Waals surface area contributed by atoms with Crippen LogP contribution in [0.1, 0.15) is 18.5 Å². The van der Waals surface area contributed by atoms with Crippen molar-refractivity contribution in [3.63, 3.8) is 0 Å². The number of nitrogens with two attached hydrogens (primary N) is 1. The summed E-state index contributed by atoms with van der Waals surface area (Å²) < 4.78 is 7.10. The van der Waals surface area contributed by atoms with E-state index in [1.54, 1.807) is 14.0 Å². The zero-order valence-electron chi connectivity index (χ0n) is 13.8. The molecule has 0 unspecified atom stereocenters. The summed E-state index contributed by atoms with van der Waals surface area (Å²) in [7, 11) is 1.63. The average Bonchev–Trinajstić information content (AvgIpc) is 2.56. The quantitative estimate of drug-likeness (QED) is 0.915. The normalized spacial score (nSPS) is 16.8. The first-order chi connectivity index (χ1) is 11.1. The maximum absolute atomic E-state index is 12.5. The third kappa shape index (κ3) is 3.38. The smallest absolute Gasteiger partial charge is 0.272 e. The zero-order chi connectivity index (χ0) is 16.4. The summed E-state index contributed by atoms with van der Waals surface area (Å²) in [6.07, 6.45) is 2.05. The number of likely N-dealkylation sites (tertiary alicyclic amines) is 1. The number of hydrogen-bond donors (Lipinski definition) is 1. The van der Waals surface area contributed by atoms with Crippen LogP contribution in [0.2, 0.25) is 0 Å². The van der Waals surface area contributed by atoms with Gasteiger partial charge in [0.25, 0.3) is 5.56 Å². The highest BCUT2D eigenvalue weighted by atomic mass is 16.5. The zero-order valence-corrected chi connectivity index (χ0v) is 13.8. The van der Waals surface area contributed by atoms with Crippen LogP contribution in [0.3, 0.4) is 0 Å². The monoisotopic (exact) mass is 316 g/mol. The lowest BCUT2D eigenvalue weighted by Crippen LogP contribution is -2.41. The lowest BCUT2D eigenvalue weighted by molar-refractivity contribution is 0.206. The highest BCUT2D eigenvalue weighted by Gasteiger charge is 2.16. The second kappa shape index (κ2) is 6.68. The molecule has 0 atom stereocenters. The summed E-state index contributed by atoms with van der Waals surface area (Å²) in [6.45, 7) is 5.27. The fraction of sp³-hybridized carbons (Fsp3) is 0.529. The molecule has 1 aromatic carbocycles. The number of ether oxygens (including phenoxy) is 1. The predicted molar refractivity (Wildman–Crippen MR) is 90.9 cm³/mol. The van der Waals surface area contributed by atoms with Gasteiger partial charge in [0.15, 0.2) is 0 Å². The highest BCUT2D eigenvalue weighted by molar-refractivity contribution is 5.76. The van der Waals surface area contributed by atoms with E-state index in [9.17, 15) is 4.79 Å². The van der Waals surface area contributed by atoms with Gasteiger partial charge in [0.1, 0.15) is 11.4 Å². The molecule has 6 heteroatoms. The van der Waals surface area contributed by atoms with Crippen LogP contribution < -0.4 is 16.0 Å². The van der Waals surface area contributed by atoms with Gasteiger partial charge >= 0.3 is 0 Å². The lowest BCUT2D eigenvalue weighted by atomic mass is 10.1. The van der Waals surface area contributed by atoms with Crippen LogP contribution in [-0.2, 0) is 6.54 Å². The van der Waals surface area contributed by atoms with Crippen molar-refractivity contribution in [2.75, 3.05) is 26.7 Å². The van der Waals surface area contributed by atoms with Crippen LogP contribution >= 0.6 is 0 Å². The molecule has 124 valence electrons. The molecule has 0 aliphatic carbocycles. The standard InChI is InChI=1S/C17H24N4O2/c1-12-17(22)21(10-9-20-7-5-13(18)6-8-20)16-11-14(23-2)3-4-15(16)19-12/h3-4,11,13H,5-10,18H2,1-2H3. The van der Waals surface area contributed by atoms with Crippen LogP contribution in [0, 0.1) is 6.92 Å². The van der Waals surface area contributed by atoms with E-state index in [0.29, 0.717) is 18.3 Å². The van der Waals surface area contributed by atoms with Crippen LogP contribution in [0.25, 0.3) is 11.0 Å². The van der Waals surface area contributed by atoms with Crippen molar-refractivity contribution < 1.29 is 4.74 Å². The van der Waals surface area contributed by atoms with Crippen molar-refractivity contribution in [2.24, 2.45) is 5.73 Å². The summed E-state index contributed by atoms with van der Waals surface area (Å²) in [5.41, 5.74) is 8.10. The van der Waals surface area contributed by atoms with Crippen molar-refractivity contribution in [3.8, 4) is 5.75 Å². The van der Waals surface area contributed by atoms with Gasteiger partial charge in [0.2, 0.25) is 0 Å². The predicted octanol–water partition coefficient (Wildman–Crippen LogP) is 1.14. The highest BCUT2D eigenvalue weighted by Crippen LogP contribution is 2.18. The molecule has 1 fully saturated rings. The van der Waals surface area contributed by atoms with Crippen molar-refractivity contribution in [3.05, 3.63) is 34.2 Å². The summed E-state index contributed by atoms with van der Waals surface area (Å²) >= 11 is 0. The van der Waals surface area contributed by atoms with E-state index in [0.717, 1.165) is 49.3 Å². The second-order valence-electron chi connectivity index (χ2n) is 6.19. The van der Waals surface area contributed by atoms with Crippen LogP contribution in [0.4, 0.5) is 0 Å². The topological polar surface area (TPSA) is 73.4 Å². The Bertz CT molecular complexity index is 748. The van der Waals surface area contributed by atoms with Crippen molar-refractivity contribution in [1.82, 2.24) is 14.5 Å². The maximum atomic E-state index is 12.5. The lowest BCUT2D eigenvalue weighted by Gasteiger charge is -2.30. The molecule has 23 heavy (non-hydrogen) atoms. The first-order valence-corrected chi connectivity index (χ1v) is 8.11. The molecule has 2 N–H and O–H groups in total. The van der Waals surface area contributed by atoms with Crippen molar-refractivity contribution >= 4 is 11.0 Å². The SMILES string of the molecule is COc1ccc2nc(C)c(=O)n(CCN3CCC(N)CC3)c2c1. The van der Waals surface area contributed by atoms with Gasteiger partial charge in [-0.25, -0.2) is 4.98 Å². The Kier molecular flexibility index (Phi) is 4.63. The third-order valence-corrected chi connectivity index (χ3v) is 4.59. The Labute approximate surface area is 135 Å². The van der Waals surface area contributed by atoms with E-state index in [-0.39, 0.29) is 5.56 Å². The minimum atomic E-state index is -0.0283. The van der Waals surface area contributed by atoms with Gasteiger partial charge in [-0.15, -0.1) is 0 Å². The second-order valence-corrected chi connectivity index (χ2v) is 6.19. The number of benzene rings is 1. The number of aromatic nitrogens is 2. The maximum Gasteiger partial charge on any atom is 0.272 e. The number of aryl methyl sites for hydroxylation is 1. The first-order valence-electron chi connectivity index (χ1n) is 8.11. The number of hydrogen-bond acceptors (Lipinski definition) is 5. The van der Waals surface area contributed by atoms with Crippen molar-refractivity contribution in [1.29, 1.82) is 0 Å². The van der Waals surface area contributed by atoms with Crippen LogP contribution in [-0.4, -0.2) is 47.2 Å². The molecule has 3 rings (SSSR count). The molecule has 0 saturated carbocycles. The van der Waals surface area contributed by atoms with E-state index in [1.165, 1.54) is 0 Å². The average molecular weight is 316 g/mol. The number of rotatable bonds is 4. The number of nitrogens with zero attached hydrogens (tertiary/aromatic N) is 3. The molecule has 0 radical (unpaired) electrons. The minimum Gasteiger partial charge on any atom is -0.497 e. The van der Waals surface area contributed by atoms with E-state index < -0.39 is 0 Å². The van der Waals surface area contributed by atoms with Gasteiger partial charge in [-0.3, -0.25) is 4.79 Å². The molecule has 0 amide bonds. The molecule has 2 heterocycles. The first kappa shape index (κ1) is 16.0. The van der Waals surface area contributed by atoms with Crippen LogP contribution in [0.5, 0.6) is 5.75 Å². The summed E-state index contributed by atoms with van der Waals surface area (Å²) in [4.78, 5) is 19.3. The third-order valence-electron chi connectivity index (χ3n) is 4.59. The summed E-state index contributed by atoms with van der Waals surface area (Å²) in [5, 5.41) is 0. The molecular weight excluding hydrogens is 292 g/mol. The Hall–Kier alpha value is -1.92. The minimum absolute atomic E-state index is 0.0283. The van der Waals surface area contributed by atoms with Gasteiger partial charge in [-0.1, -0.05) is 0 Å². The van der Waals surface area contributed by atoms with Gasteiger partial charge in [0.05, 0.1) is 18.1 Å². The Morgan fingerprint density at radius 1 is 1.30 bits per heavy atom. The molecule has 1 saturated heterocycles. The van der Waals surface area contributed by atoms with Gasteiger partial charge in [-0.2, -0.15) is 0 Å². The molecular formula is C17H24N4O2. The van der Waals surface area contributed by atoms with E-state index in [1.807, 2.05) is 22.8 Å². The molecule has 0 spiro atoms. The molecule has 0 bridgehead atoms. The molecule has 2 aromatic rings. The Morgan fingerprint density at radius 2 is 2.04 bits per heavy atom. The van der Waals surface area contributed by atoms with Crippen LogP contribution in [0.15, 0.2) is 23.0 Å². The number of methoxy groups -OCH3 is 1. The Morgan fingerprint density at radius 3 is 2.74 bits per heavy atom. The van der Waals surface area contributed by atoms with Gasteiger partial charge < -0.3 is 19.9 Å². The summed E-state index contributed by atoms with van der Waals surface area (Å²) in [6, 6.07) is 5.98. The molecule has 1 aliphatic rings. The largest absolute Gasteiger partial charge is 0.497 e. The van der Waals surface area contributed by atoms with E-state index in [2.05, 4.69) is 9.88 Å². The fourth-order valence-electron chi connectivity index (χ4n) is 3.11. The van der Waals surface area contributed by atoms with Crippen molar-refractivity contribution in [2.45, 2.75) is 32.4 Å². The van der Waals surface area contributed by atoms with Gasteiger partial charge in [-0.05, 0) is 45.0 Å². The molecule has 1 aliphatic heterocycles. The summed E-state index contributed by atoms with van der Waals surface area (Å²) in [5.74, 6) is 0.736.